The van der Waals surface area contributed by atoms with Gasteiger partial charge in [-0.15, -0.1) is 6.58 Å². The van der Waals surface area contributed by atoms with Gasteiger partial charge >= 0.3 is 0 Å². The molecule has 0 radical (unpaired) electrons. The van der Waals surface area contributed by atoms with E-state index < -0.39 is 0 Å². The van der Waals surface area contributed by atoms with Crippen LogP contribution in [0, 0.1) is 0 Å². The van der Waals surface area contributed by atoms with E-state index in [2.05, 4.69) is 41.6 Å². The van der Waals surface area contributed by atoms with E-state index in [1.807, 2.05) is 12.1 Å². The molecule has 0 amide bonds. The molecule has 2 nitrogen and oxygen atoms in total. The van der Waals surface area contributed by atoms with Crippen molar-refractivity contribution in [2.24, 2.45) is 5.73 Å². The lowest BCUT2D eigenvalue weighted by Crippen LogP contribution is -2.21. The fourth-order valence-corrected chi connectivity index (χ4v) is 2.03. The maximum Gasteiger partial charge on any atom is 0.133 e. The Kier molecular flexibility index (Phi) is 6.30. The molecule has 0 aromatic heterocycles. The maximum atomic E-state index is 5.93. The molecule has 0 aliphatic heterocycles. The highest BCUT2D eigenvalue weighted by molar-refractivity contribution is 9.10. The van der Waals surface area contributed by atoms with Crippen LogP contribution in [-0.4, -0.2) is 12.6 Å². The number of hydrogen-bond acceptors (Lipinski definition) is 2. The molecule has 0 saturated carbocycles. The van der Waals surface area contributed by atoms with E-state index in [9.17, 15) is 0 Å². The SMILES string of the molecule is C=CCCOc1ccc(CC(N)CC)cc1Br. The third-order valence-electron chi connectivity index (χ3n) is 2.60. The molecule has 0 aliphatic rings. The minimum Gasteiger partial charge on any atom is -0.492 e. The largest absolute Gasteiger partial charge is 0.492 e. The maximum absolute atomic E-state index is 5.93. The molecule has 0 bridgehead atoms. The molecule has 0 spiro atoms. The van der Waals surface area contributed by atoms with Crippen LogP contribution in [-0.2, 0) is 6.42 Å². The summed E-state index contributed by atoms with van der Waals surface area (Å²) in [6.45, 7) is 6.43. The van der Waals surface area contributed by atoms with Gasteiger partial charge in [0.05, 0.1) is 11.1 Å². The summed E-state index contributed by atoms with van der Waals surface area (Å²) in [5, 5.41) is 0. The second kappa shape index (κ2) is 7.51. The van der Waals surface area contributed by atoms with E-state index in [-0.39, 0.29) is 6.04 Å². The van der Waals surface area contributed by atoms with Crippen LogP contribution < -0.4 is 10.5 Å². The Hall–Kier alpha value is -0.800. The van der Waals surface area contributed by atoms with Crippen molar-refractivity contribution >= 4 is 15.9 Å². The van der Waals surface area contributed by atoms with Gasteiger partial charge in [0.2, 0.25) is 0 Å². The molecule has 0 saturated heterocycles. The molecular weight excluding hydrogens is 278 g/mol. The summed E-state index contributed by atoms with van der Waals surface area (Å²) in [7, 11) is 0. The normalized spacial score (nSPS) is 12.2. The Morgan fingerprint density at radius 3 is 2.88 bits per heavy atom. The van der Waals surface area contributed by atoms with E-state index in [1.54, 1.807) is 0 Å². The minimum atomic E-state index is 0.231. The van der Waals surface area contributed by atoms with Crippen molar-refractivity contribution in [3.63, 3.8) is 0 Å². The van der Waals surface area contributed by atoms with Crippen molar-refractivity contribution in [1.29, 1.82) is 0 Å². The molecule has 1 rings (SSSR count). The fourth-order valence-electron chi connectivity index (χ4n) is 1.49. The zero-order chi connectivity index (χ0) is 12.7. The summed E-state index contributed by atoms with van der Waals surface area (Å²) in [5.41, 5.74) is 7.17. The first-order valence-electron chi connectivity index (χ1n) is 5.95. The van der Waals surface area contributed by atoms with E-state index in [4.69, 9.17) is 10.5 Å². The molecule has 1 aromatic rings. The third-order valence-corrected chi connectivity index (χ3v) is 3.22. The van der Waals surface area contributed by atoms with Crippen molar-refractivity contribution in [3.05, 3.63) is 40.9 Å². The molecule has 1 unspecified atom stereocenters. The van der Waals surface area contributed by atoms with Gasteiger partial charge in [0.25, 0.3) is 0 Å². The van der Waals surface area contributed by atoms with Crippen molar-refractivity contribution in [2.75, 3.05) is 6.61 Å². The van der Waals surface area contributed by atoms with Crippen LogP contribution in [0.4, 0.5) is 0 Å². The molecule has 1 atom stereocenters. The molecule has 0 heterocycles. The third kappa shape index (κ3) is 4.92. The molecule has 3 heteroatoms. The molecular formula is C14H20BrNO. The lowest BCUT2D eigenvalue weighted by atomic mass is 10.0. The number of benzene rings is 1. The van der Waals surface area contributed by atoms with Crippen molar-refractivity contribution in [3.8, 4) is 5.75 Å². The van der Waals surface area contributed by atoms with Gasteiger partial charge in [-0.3, -0.25) is 0 Å². The first-order valence-corrected chi connectivity index (χ1v) is 6.74. The number of nitrogens with two attached hydrogens (primary N) is 1. The Labute approximate surface area is 112 Å². The number of halogens is 1. The second-order valence-electron chi connectivity index (χ2n) is 4.06. The molecule has 2 N–H and O–H groups in total. The first kappa shape index (κ1) is 14.3. The second-order valence-corrected chi connectivity index (χ2v) is 4.92. The predicted molar refractivity (Wildman–Crippen MR) is 76.4 cm³/mol. The van der Waals surface area contributed by atoms with Gasteiger partial charge in [0.1, 0.15) is 5.75 Å². The zero-order valence-corrected chi connectivity index (χ0v) is 11.9. The summed E-state index contributed by atoms with van der Waals surface area (Å²) in [4.78, 5) is 0. The van der Waals surface area contributed by atoms with Crippen LogP contribution >= 0.6 is 15.9 Å². The van der Waals surface area contributed by atoms with E-state index in [1.165, 1.54) is 5.56 Å². The number of ether oxygens (including phenoxy) is 1. The van der Waals surface area contributed by atoms with Crippen LogP contribution in [0.25, 0.3) is 0 Å². The van der Waals surface area contributed by atoms with E-state index >= 15 is 0 Å². The molecule has 0 fully saturated rings. The van der Waals surface area contributed by atoms with Gasteiger partial charge in [0, 0.05) is 6.04 Å². The van der Waals surface area contributed by atoms with E-state index in [0.29, 0.717) is 6.61 Å². The highest BCUT2D eigenvalue weighted by atomic mass is 79.9. The Balaban J connectivity index is 2.62. The van der Waals surface area contributed by atoms with Gasteiger partial charge in [-0.05, 0) is 52.9 Å². The van der Waals surface area contributed by atoms with Crippen molar-refractivity contribution < 1.29 is 4.74 Å². The highest BCUT2D eigenvalue weighted by Gasteiger charge is 2.05. The summed E-state index contributed by atoms with van der Waals surface area (Å²) < 4.78 is 6.60. The zero-order valence-electron chi connectivity index (χ0n) is 10.3. The highest BCUT2D eigenvalue weighted by Crippen LogP contribution is 2.26. The Bertz CT molecular complexity index is 365. The number of rotatable bonds is 7. The predicted octanol–water partition coefficient (Wildman–Crippen LogP) is 3.68. The fraction of sp³-hybridized carbons (Fsp3) is 0.429. The van der Waals surface area contributed by atoms with Gasteiger partial charge < -0.3 is 10.5 Å². The lowest BCUT2D eigenvalue weighted by Gasteiger charge is -2.11. The average Bonchev–Trinajstić information content (AvgIpc) is 2.32. The summed E-state index contributed by atoms with van der Waals surface area (Å²) in [6, 6.07) is 6.38. The minimum absolute atomic E-state index is 0.231. The molecule has 17 heavy (non-hydrogen) atoms. The summed E-state index contributed by atoms with van der Waals surface area (Å²) in [6.07, 6.45) is 4.61. The van der Waals surface area contributed by atoms with Crippen molar-refractivity contribution in [1.82, 2.24) is 0 Å². The van der Waals surface area contributed by atoms with Crippen LogP contribution in [0.2, 0.25) is 0 Å². The van der Waals surface area contributed by atoms with Crippen molar-refractivity contribution in [2.45, 2.75) is 32.2 Å². The van der Waals surface area contributed by atoms with Crippen LogP contribution in [0.5, 0.6) is 5.75 Å². The van der Waals surface area contributed by atoms with Gasteiger partial charge in [0.15, 0.2) is 0 Å². The standard InChI is InChI=1S/C14H20BrNO/c1-3-5-8-17-14-7-6-11(10-13(14)15)9-12(16)4-2/h3,6-7,10,12H,1,4-5,8-9,16H2,2H3. The lowest BCUT2D eigenvalue weighted by molar-refractivity contribution is 0.323. The summed E-state index contributed by atoms with van der Waals surface area (Å²) >= 11 is 3.52. The first-order chi connectivity index (χ1) is 8.17. The van der Waals surface area contributed by atoms with Crippen LogP contribution in [0.15, 0.2) is 35.3 Å². The number of hydrogen-bond donors (Lipinski definition) is 1. The monoisotopic (exact) mass is 297 g/mol. The van der Waals surface area contributed by atoms with Gasteiger partial charge in [-0.2, -0.15) is 0 Å². The van der Waals surface area contributed by atoms with E-state index in [0.717, 1.165) is 29.5 Å². The Morgan fingerprint density at radius 2 is 2.29 bits per heavy atom. The van der Waals surface area contributed by atoms with Gasteiger partial charge in [-0.1, -0.05) is 19.1 Å². The van der Waals surface area contributed by atoms with Crippen LogP contribution in [0.1, 0.15) is 25.3 Å². The quantitative estimate of drug-likeness (QED) is 0.615. The molecule has 0 aliphatic carbocycles. The Morgan fingerprint density at radius 1 is 1.53 bits per heavy atom. The smallest absolute Gasteiger partial charge is 0.133 e. The summed E-state index contributed by atoms with van der Waals surface area (Å²) in [5.74, 6) is 0.876. The molecule has 1 aromatic carbocycles. The average molecular weight is 298 g/mol. The topological polar surface area (TPSA) is 35.2 Å². The molecule has 94 valence electrons. The van der Waals surface area contributed by atoms with Gasteiger partial charge in [-0.25, -0.2) is 0 Å². The van der Waals surface area contributed by atoms with Crippen LogP contribution in [0.3, 0.4) is 0 Å².